The molecule has 0 spiro atoms. The molecule has 5 N–H and O–H groups in total. The maximum Gasteiger partial charge on any atom is 0.307 e. The van der Waals surface area contributed by atoms with Gasteiger partial charge in [-0.1, -0.05) is 60.1 Å². The molecule has 6 rings (SSSR count). The van der Waals surface area contributed by atoms with Crippen LogP contribution < -0.4 is 11.5 Å². The molecule has 0 amide bonds. The van der Waals surface area contributed by atoms with E-state index in [1.54, 1.807) is 11.3 Å². The molecule has 4 aliphatic carbocycles. The average Bonchev–Trinajstić information content (AvgIpc) is 3.49. The van der Waals surface area contributed by atoms with E-state index in [1.165, 1.54) is 5.57 Å². The molecule has 4 fully saturated rings. The number of carbonyl (C=O) groups is 1. The Bertz CT molecular complexity index is 1460. The number of allylic oxidation sites excluding steroid dienone is 1. The van der Waals surface area contributed by atoms with Gasteiger partial charge in [-0.15, -0.1) is 11.3 Å². The fourth-order valence-electron chi connectivity index (χ4n) is 12.1. The van der Waals surface area contributed by atoms with Crippen LogP contribution in [0.4, 0.5) is 0 Å². The van der Waals surface area contributed by atoms with Crippen LogP contribution >= 0.6 is 11.3 Å². The standard InChI is InChI=1S/C38H60N4O5S/c1-21(2)22(3)34(5)14-15-36(7)25-10-11-28-35(6)19-46-20-38(28,26(25)12-13-37(36,8)29(34)32(43)44)16-27(45-9)30(35)47-17-24-18-48-31(42-24)23(4)41-33(39)40/h12,18,21-23,25,27-30H,10-11,13-17,19-20H2,1-9H3,(H,43,44)(H4,39,40,41)/t22-,23+,25+,27-,28?,29-,30+,34-,35-,36-,37+,38+/m1/s1. The zero-order chi connectivity index (χ0) is 35.0. The summed E-state index contributed by atoms with van der Waals surface area (Å²) in [7, 11) is 1.82. The second-order valence-corrected chi connectivity index (χ2v) is 18.4. The summed E-state index contributed by atoms with van der Waals surface area (Å²) in [5, 5.41) is 13.9. The number of aliphatic carboxylic acids is 1. The molecule has 3 saturated carbocycles. The fraction of sp³-hybridized carbons (Fsp3) is 0.816. The van der Waals surface area contributed by atoms with E-state index in [2.05, 4.69) is 59.5 Å². The van der Waals surface area contributed by atoms with Gasteiger partial charge in [0.25, 0.3) is 0 Å². The first-order chi connectivity index (χ1) is 22.5. The molecule has 12 atom stereocenters. The third kappa shape index (κ3) is 5.12. The van der Waals surface area contributed by atoms with Crippen LogP contribution in [0.1, 0.15) is 111 Å². The van der Waals surface area contributed by atoms with E-state index in [9.17, 15) is 9.90 Å². The summed E-state index contributed by atoms with van der Waals surface area (Å²) in [6, 6.07) is -0.204. The van der Waals surface area contributed by atoms with Gasteiger partial charge in [0.15, 0.2) is 5.96 Å². The molecule has 1 saturated heterocycles. The minimum atomic E-state index is -0.620. The molecule has 1 unspecified atom stereocenters. The molecule has 10 heteroatoms. The Balaban J connectivity index is 1.32. The van der Waals surface area contributed by atoms with Crippen LogP contribution in [0.15, 0.2) is 22.0 Å². The van der Waals surface area contributed by atoms with Crippen molar-refractivity contribution in [3.05, 3.63) is 27.7 Å². The smallest absolute Gasteiger partial charge is 0.307 e. The lowest BCUT2D eigenvalue weighted by Crippen LogP contribution is -2.70. The maximum atomic E-state index is 13.4. The van der Waals surface area contributed by atoms with Gasteiger partial charge in [-0.05, 0) is 85.4 Å². The number of thiazole rings is 1. The predicted molar refractivity (Wildman–Crippen MR) is 189 cm³/mol. The van der Waals surface area contributed by atoms with Crippen molar-refractivity contribution >= 4 is 23.3 Å². The van der Waals surface area contributed by atoms with Crippen molar-refractivity contribution in [3.63, 3.8) is 0 Å². The summed E-state index contributed by atoms with van der Waals surface area (Å²) in [4.78, 5) is 22.4. The number of guanidine groups is 1. The first-order valence-electron chi connectivity index (χ1n) is 18.2. The van der Waals surface area contributed by atoms with Crippen LogP contribution in [0.25, 0.3) is 0 Å². The van der Waals surface area contributed by atoms with E-state index in [-0.39, 0.29) is 51.3 Å². The highest BCUT2D eigenvalue weighted by Crippen LogP contribution is 2.75. The summed E-state index contributed by atoms with van der Waals surface area (Å²) in [5.74, 6) is 0.512. The molecule has 5 aliphatic rings. The van der Waals surface area contributed by atoms with Gasteiger partial charge in [-0.25, -0.2) is 9.98 Å². The van der Waals surface area contributed by atoms with Crippen molar-refractivity contribution in [2.45, 2.75) is 119 Å². The van der Waals surface area contributed by atoms with E-state index in [0.717, 1.165) is 49.2 Å². The van der Waals surface area contributed by atoms with Gasteiger partial charge in [-0.3, -0.25) is 4.79 Å². The highest BCUT2D eigenvalue weighted by Gasteiger charge is 2.71. The van der Waals surface area contributed by atoms with Gasteiger partial charge in [0.1, 0.15) is 11.0 Å². The second kappa shape index (κ2) is 12.3. The minimum absolute atomic E-state index is 0.0557. The largest absolute Gasteiger partial charge is 0.481 e. The van der Waals surface area contributed by atoms with Crippen molar-refractivity contribution < 1.29 is 24.1 Å². The number of carboxylic acid groups (broad SMARTS) is 1. The maximum absolute atomic E-state index is 13.4. The molecule has 48 heavy (non-hydrogen) atoms. The third-order valence-electron chi connectivity index (χ3n) is 15.1. The van der Waals surface area contributed by atoms with Gasteiger partial charge >= 0.3 is 5.97 Å². The molecule has 1 aliphatic heterocycles. The highest BCUT2D eigenvalue weighted by atomic mass is 32.1. The SMILES string of the molecule is CO[C@@H]1C[C@@]23COC[C@](C)(C2CC[C@H]2C3=CC[C@@]3(C)[C@H](C(=O)O)[C@@](C)([C@H](C)C(C)C)CC[C@]23C)[C@H]1OCc1csc([C@H](C)N=C(N)N)n1. The molecule has 9 nitrogen and oxygen atoms in total. The summed E-state index contributed by atoms with van der Waals surface area (Å²) >= 11 is 1.54. The van der Waals surface area contributed by atoms with Crippen molar-refractivity contribution in [3.8, 4) is 0 Å². The van der Waals surface area contributed by atoms with Gasteiger partial charge in [0.05, 0.1) is 43.6 Å². The number of aromatic nitrogens is 1. The Morgan fingerprint density at radius 2 is 1.85 bits per heavy atom. The van der Waals surface area contributed by atoms with Crippen LogP contribution in [0.2, 0.25) is 0 Å². The van der Waals surface area contributed by atoms with Crippen molar-refractivity contribution in [1.29, 1.82) is 0 Å². The number of rotatable bonds is 9. The zero-order valence-corrected chi connectivity index (χ0v) is 31.5. The van der Waals surface area contributed by atoms with Crippen molar-refractivity contribution in [1.82, 2.24) is 4.98 Å². The topological polar surface area (TPSA) is 142 Å². The zero-order valence-electron chi connectivity index (χ0n) is 30.7. The van der Waals surface area contributed by atoms with E-state index in [0.29, 0.717) is 43.5 Å². The first kappa shape index (κ1) is 35.8. The Kier molecular flexibility index (Phi) is 9.21. The van der Waals surface area contributed by atoms with E-state index in [4.69, 9.17) is 30.7 Å². The number of hydrogen-bond acceptors (Lipinski definition) is 7. The van der Waals surface area contributed by atoms with Crippen LogP contribution in [0, 0.1) is 56.7 Å². The fourth-order valence-corrected chi connectivity index (χ4v) is 12.9. The van der Waals surface area contributed by atoms with E-state index in [1.807, 2.05) is 19.4 Å². The molecule has 2 heterocycles. The summed E-state index contributed by atoms with van der Waals surface area (Å²) in [5.41, 5.74) is 12.5. The van der Waals surface area contributed by atoms with Crippen LogP contribution in [0.5, 0.6) is 0 Å². The van der Waals surface area contributed by atoms with Gasteiger partial charge in [0, 0.05) is 23.3 Å². The number of nitrogens with zero attached hydrogens (tertiary/aromatic N) is 2. The van der Waals surface area contributed by atoms with Crippen molar-refractivity contribution in [2.75, 3.05) is 20.3 Å². The van der Waals surface area contributed by atoms with Crippen molar-refractivity contribution in [2.24, 2.45) is 73.1 Å². The van der Waals surface area contributed by atoms with Crippen LogP contribution in [-0.2, 0) is 25.6 Å². The predicted octanol–water partition coefficient (Wildman–Crippen LogP) is 6.97. The second-order valence-electron chi connectivity index (χ2n) is 17.5. The lowest BCUT2D eigenvalue weighted by molar-refractivity contribution is -0.269. The summed E-state index contributed by atoms with van der Waals surface area (Å²) < 4.78 is 19.8. The quantitative estimate of drug-likeness (QED) is 0.144. The monoisotopic (exact) mass is 684 g/mol. The highest BCUT2D eigenvalue weighted by molar-refractivity contribution is 7.09. The van der Waals surface area contributed by atoms with Gasteiger partial charge < -0.3 is 30.8 Å². The number of fused-ring (bicyclic) bond motifs is 3. The Morgan fingerprint density at radius 3 is 2.50 bits per heavy atom. The Morgan fingerprint density at radius 1 is 1.12 bits per heavy atom. The molecule has 268 valence electrons. The lowest BCUT2D eigenvalue weighted by atomic mass is 9.34. The number of nitrogens with two attached hydrogens (primary N) is 2. The Labute approximate surface area is 291 Å². The first-order valence-corrected chi connectivity index (χ1v) is 19.0. The van der Waals surface area contributed by atoms with E-state index < -0.39 is 11.9 Å². The molecular formula is C38H60N4O5S. The number of methoxy groups -OCH3 is 1. The van der Waals surface area contributed by atoms with Gasteiger partial charge in [0.2, 0.25) is 0 Å². The minimum Gasteiger partial charge on any atom is -0.481 e. The molecular weight excluding hydrogens is 625 g/mol. The van der Waals surface area contributed by atoms with Gasteiger partial charge in [-0.2, -0.15) is 0 Å². The lowest BCUT2D eigenvalue weighted by Gasteiger charge is -2.71. The third-order valence-corrected chi connectivity index (χ3v) is 16.1. The molecule has 1 aromatic heterocycles. The average molecular weight is 685 g/mol. The van der Waals surface area contributed by atoms with Crippen LogP contribution in [0.3, 0.4) is 0 Å². The molecule has 0 aromatic carbocycles. The number of hydrogen-bond donors (Lipinski definition) is 3. The normalized spacial score (nSPS) is 43.3. The number of aliphatic imine (C=N–C) groups is 1. The number of carboxylic acids is 1. The van der Waals surface area contributed by atoms with Crippen LogP contribution in [-0.4, -0.2) is 54.6 Å². The summed E-state index contributed by atoms with van der Waals surface area (Å²) in [6.45, 7) is 19.8. The summed E-state index contributed by atoms with van der Waals surface area (Å²) in [6.07, 6.45) is 8.05. The molecule has 2 bridgehead atoms. The van der Waals surface area contributed by atoms with E-state index >= 15 is 0 Å². The Hall–Kier alpha value is -2.01. The number of ether oxygens (including phenoxy) is 3. The molecule has 1 aromatic rings. The molecule has 0 radical (unpaired) electrons.